The van der Waals surface area contributed by atoms with Crippen molar-refractivity contribution in [1.29, 1.82) is 0 Å². The number of rotatable bonds is 6. The van der Waals surface area contributed by atoms with Crippen LogP contribution in [0.4, 0.5) is 20.4 Å². The molecule has 2 fully saturated rings. The zero-order valence-electron chi connectivity index (χ0n) is 20.6. The minimum atomic E-state index is -0.529. The Bertz CT molecular complexity index is 1400. The van der Waals surface area contributed by atoms with Gasteiger partial charge >= 0.3 is 0 Å². The summed E-state index contributed by atoms with van der Waals surface area (Å²) < 4.78 is 32.1. The molecule has 186 valence electrons. The molecule has 0 unspecified atom stereocenters. The monoisotopic (exact) mass is 488 g/mol. The van der Waals surface area contributed by atoms with E-state index < -0.39 is 11.6 Å². The highest BCUT2D eigenvalue weighted by molar-refractivity contribution is 5.79. The fourth-order valence-corrected chi connectivity index (χ4v) is 4.96. The topological polar surface area (TPSA) is 49.2 Å². The van der Waals surface area contributed by atoms with Crippen molar-refractivity contribution in [1.82, 2.24) is 24.3 Å². The second-order valence-corrected chi connectivity index (χ2v) is 10.0. The van der Waals surface area contributed by atoms with E-state index in [2.05, 4.69) is 38.9 Å². The summed E-state index contributed by atoms with van der Waals surface area (Å²) >= 11 is 0. The van der Waals surface area contributed by atoms with Gasteiger partial charge in [0.15, 0.2) is 0 Å². The Labute approximate surface area is 209 Å². The third kappa shape index (κ3) is 4.58. The number of hydrogen-bond acceptors (Lipinski definition) is 5. The Kier molecular flexibility index (Phi) is 5.93. The van der Waals surface area contributed by atoms with Gasteiger partial charge in [0, 0.05) is 67.8 Å². The molecule has 1 aliphatic heterocycles. The Hall–Kier alpha value is -3.36. The van der Waals surface area contributed by atoms with Gasteiger partial charge in [-0.2, -0.15) is 4.98 Å². The molecule has 2 aliphatic rings. The summed E-state index contributed by atoms with van der Waals surface area (Å²) in [7, 11) is 0. The molecule has 1 aliphatic carbocycles. The molecule has 1 N–H and O–H groups in total. The molecule has 0 radical (unpaired) electrons. The Balaban J connectivity index is 1.23. The molecule has 36 heavy (non-hydrogen) atoms. The number of fused-ring (bicyclic) bond motifs is 1. The summed E-state index contributed by atoms with van der Waals surface area (Å²) in [5.41, 5.74) is 4.37. The molecule has 3 heterocycles. The predicted molar refractivity (Wildman–Crippen MR) is 138 cm³/mol. The van der Waals surface area contributed by atoms with Gasteiger partial charge in [0.05, 0.1) is 5.69 Å². The van der Waals surface area contributed by atoms with E-state index in [9.17, 15) is 0 Å². The minimum Gasteiger partial charge on any atom is -0.324 e. The van der Waals surface area contributed by atoms with Gasteiger partial charge in [-0.1, -0.05) is 6.07 Å². The molecule has 0 bridgehead atoms. The second kappa shape index (κ2) is 9.26. The van der Waals surface area contributed by atoms with E-state index in [1.54, 1.807) is 17.0 Å². The molecule has 6 nitrogen and oxygen atoms in total. The summed E-state index contributed by atoms with van der Waals surface area (Å²) in [6.45, 7) is 8.02. The Morgan fingerprint density at radius 2 is 1.69 bits per heavy atom. The first kappa shape index (κ1) is 23.1. The third-order valence-electron chi connectivity index (χ3n) is 7.45. The van der Waals surface area contributed by atoms with E-state index in [0.717, 1.165) is 43.3 Å². The van der Waals surface area contributed by atoms with Crippen LogP contribution in [0.2, 0.25) is 0 Å². The van der Waals surface area contributed by atoms with E-state index in [1.165, 1.54) is 36.1 Å². The van der Waals surface area contributed by atoms with E-state index in [4.69, 9.17) is 0 Å². The van der Waals surface area contributed by atoms with Crippen molar-refractivity contribution in [3.05, 3.63) is 77.1 Å². The number of aromatic nitrogens is 3. The second-order valence-electron chi connectivity index (χ2n) is 10.0. The van der Waals surface area contributed by atoms with Crippen LogP contribution in [0.25, 0.3) is 16.7 Å². The van der Waals surface area contributed by atoms with Crippen molar-refractivity contribution in [2.24, 2.45) is 0 Å². The lowest BCUT2D eigenvalue weighted by Crippen LogP contribution is -2.46. The molecule has 8 heteroatoms. The highest BCUT2D eigenvalue weighted by Gasteiger charge is 2.31. The smallest absolute Gasteiger partial charge is 0.229 e. The van der Waals surface area contributed by atoms with Crippen molar-refractivity contribution in [2.75, 3.05) is 31.5 Å². The predicted octanol–water partition coefficient (Wildman–Crippen LogP) is 5.34. The number of nitrogens with one attached hydrogen (secondary N) is 1. The van der Waals surface area contributed by atoms with Crippen LogP contribution >= 0.6 is 0 Å². The Morgan fingerprint density at radius 1 is 0.944 bits per heavy atom. The lowest BCUT2D eigenvalue weighted by molar-refractivity contribution is 0.119. The van der Waals surface area contributed by atoms with Crippen LogP contribution in [0.5, 0.6) is 0 Å². The van der Waals surface area contributed by atoms with E-state index in [1.807, 2.05) is 24.3 Å². The molecular weight excluding hydrogens is 458 g/mol. The number of anilines is 2. The average Bonchev–Trinajstić information content (AvgIpc) is 3.63. The standard InChI is InChI=1S/C28H30F2N6/c1-18-3-4-21(13-19(18)2)32-28-31-16-20-7-8-36(27(20)33-28)23-14-25(29)24(26(30)15-23)17-34-9-11-35(12-10-34)22-5-6-22/h3-4,7-8,13-16,22H,5-6,9-12,17H2,1-2H3,(H,31,32,33). The number of halogens is 2. The van der Waals surface area contributed by atoms with Crippen LogP contribution in [0.15, 0.2) is 48.8 Å². The van der Waals surface area contributed by atoms with Gasteiger partial charge in [-0.3, -0.25) is 9.80 Å². The van der Waals surface area contributed by atoms with Crippen LogP contribution in [-0.4, -0.2) is 56.6 Å². The van der Waals surface area contributed by atoms with Crippen molar-refractivity contribution in [2.45, 2.75) is 39.3 Å². The zero-order valence-corrected chi connectivity index (χ0v) is 20.6. The fourth-order valence-electron chi connectivity index (χ4n) is 4.96. The third-order valence-corrected chi connectivity index (χ3v) is 7.45. The first-order valence-electron chi connectivity index (χ1n) is 12.6. The fraction of sp³-hybridized carbons (Fsp3) is 0.357. The highest BCUT2D eigenvalue weighted by atomic mass is 19.1. The normalized spacial score (nSPS) is 17.1. The Morgan fingerprint density at radius 3 is 2.39 bits per heavy atom. The molecular formula is C28H30F2N6. The van der Waals surface area contributed by atoms with Crippen molar-refractivity contribution in [3.63, 3.8) is 0 Å². The molecule has 2 aromatic carbocycles. The number of hydrogen-bond donors (Lipinski definition) is 1. The van der Waals surface area contributed by atoms with Crippen LogP contribution < -0.4 is 5.32 Å². The molecule has 0 atom stereocenters. The van der Waals surface area contributed by atoms with E-state index >= 15 is 8.78 Å². The molecule has 2 aromatic heterocycles. The van der Waals surface area contributed by atoms with Gasteiger partial charge in [-0.05, 0) is 68.1 Å². The number of piperazine rings is 1. The zero-order chi connectivity index (χ0) is 24.8. The average molecular weight is 489 g/mol. The molecule has 4 aromatic rings. The maximum absolute atomic E-state index is 15.2. The molecule has 0 amide bonds. The summed E-state index contributed by atoms with van der Waals surface area (Å²) in [6.07, 6.45) is 6.05. The van der Waals surface area contributed by atoms with Crippen LogP contribution in [0, 0.1) is 25.5 Å². The van der Waals surface area contributed by atoms with E-state index in [-0.39, 0.29) is 12.1 Å². The maximum atomic E-state index is 15.2. The summed E-state index contributed by atoms with van der Waals surface area (Å²) in [5, 5.41) is 4.02. The molecule has 1 saturated heterocycles. The van der Waals surface area contributed by atoms with Gasteiger partial charge in [0.25, 0.3) is 0 Å². The summed E-state index contributed by atoms with van der Waals surface area (Å²) in [6, 6.07) is 11.4. The number of aryl methyl sites for hydroxylation is 2. The largest absolute Gasteiger partial charge is 0.324 e. The molecule has 1 saturated carbocycles. The molecule has 0 spiro atoms. The maximum Gasteiger partial charge on any atom is 0.229 e. The summed E-state index contributed by atoms with van der Waals surface area (Å²) in [4.78, 5) is 13.7. The lowest BCUT2D eigenvalue weighted by atomic mass is 10.1. The lowest BCUT2D eigenvalue weighted by Gasteiger charge is -2.34. The van der Waals surface area contributed by atoms with Crippen molar-refractivity contribution < 1.29 is 8.78 Å². The number of nitrogens with zero attached hydrogens (tertiary/aromatic N) is 5. The first-order valence-corrected chi connectivity index (χ1v) is 12.6. The van der Waals surface area contributed by atoms with Gasteiger partial charge in [-0.25, -0.2) is 13.8 Å². The minimum absolute atomic E-state index is 0.127. The van der Waals surface area contributed by atoms with Crippen molar-refractivity contribution in [3.8, 4) is 5.69 Å². The quantitative estimate of drug-likeness (QED) is 0.397. The number of benzene rings is 2. The van der Waals surface area contributed by atoms with Gasteiger partial charge in [-0.15, -0.1) is 0 Å². The van der Waals surface area contributed by atoms with Gasteiger partial charge < -0.3 is 9.88 Å². The SMILES string of the molecule is Cc1ccc(Nc2ncc3ccn(-c4cc(F)c(CN5CCN(C6CC6)CC5)c(F)c4)c3n2)cc1C. The first-order chi connectivity index (χ1) is 17.4. The highest BCUT2D eigenvalue weighted by Crippen LogP contribution is 2.29. The van der Waals surface area contributed by atoms with Crippen molar-refractivity contribution >= 4 is 22.7 Å². The molecule has 6 rings (SSSR count). The van der Waals surface area contributed by atoms with Crippen LogP contribution in [-0.2, 0) is 6.54 Å². The van der Waals surface area contributed by atoms with Crippen LogP contribution in [0.1, 0.15) is 29.5 Å². The van der Waals surface area contributed by atoms with Gasteiger partial charge in [0.1, 0.15) is 17.3 Å². The van der Waals surface area contributed by atoms with Crippen LogP contribution in [0.3, 0.4) is 0 Å². The summed E-state index contributed by atoms with van der Waals surface area (Å²) in [5.74, 6) is -0.633. The van der Waals surface area contributed by atoms with Gasteiger partial charge in [0.2, 0.25) is 5.95 Å². The van der Waals surface area contributed by atoms with E-state index in [0.29, 0.717) is 17.3 Å².